The molecule has 0 aliphatic carbocycles. The van der Waals surface area contributed by atoms with E-state index in [0.717, 1.165) is 12.1 Å². The van der Waals surface area contributed by atoms with Gasteiger partial charge in [0.2, 0.25) is 5.91 Å². The second-order valence-electron chi connectivity index (χ2n) is 6.59. The number of imidazole rings is 1. The highest BCUT2D eigenvalue weighted by atomic mass is 16.2. The van der Waals surface area contributed by atoms with Crippen LogP contribution < -0.4 is 10.6 Å². The number of carbonyl (C=O) groups excluding carboxylic acids is 1. The Balaban J connectivity index is 2.06. The highest BCUT2D eigenvalue weighted by molar-refractivity contribution is 5.79. The van der Waals surface area contributed by atoms with Crippen LogP contribution in [0.4, 0.5) is 0 Å². The highest BCUT2D eigenvalue weighted by Gasteiger charge is 2.25. The van der Waals surface area contributed by atoms with E-state index in [-0.39, 0.29) is 11.9 Å². The van der Waals surface area contributed by atoms with Crippen LogP contribution in [0.1, 0.15) is 64.7 Å². The summed E-state index contributed by atoms with van der Waals surface area (Å²) in [6, 6.07) is 0.606. The molecule has 5 nitrogen and oxygen atoms in total. The molecule has 3 unspecified atom stereocenters. The van der Waals surface area contributed by atoms with Gasteiger partial charge in [0.05, 0.1) is 12.0 Å². The van der Waals surface area contributed by atoms with Gasteiger partial charge in [0.15, 0.2) is 0 Å². The van der Waals surface area contributed by atoms with Gasteiger partial charge >= 0.3 is 0 Å². The molecule has 1 amide bonds. The van der Waals surface area contributed by atoms with Crippen molar-refractivity contribution >= 4 is 5.91 Å². The van der Waals surface area contributed by atoms with Crippen molar-refractivity contribution in [2.75, 3.05) is 6.54 Å². The van der Waals surface area contributed by atoms with Gasteiger partial charge in [0.1, 0.15) is 6.04 Å². The lowest BCUT2D eigenvalue weighted by atomic mass is 9.97. The topological polar surface area (TPSA) is 59.0 Å². The summed E-state index contributed by atoms with van der Waals surface area (Å²) >= 11 is 0. The molecule has 0 bridgehead atoms. The zero-order valence-corrected chi connectivity index (χ0v) is 13.6. The number of nitrogens with one attached hydrogen (secondary N) is 2. The first-order valence-corrected chi connectivity index (χ1v) is 8.04. The minimum absolute atomic E-state index is 0.0619. The Kier molecular flexibility index (Phi) is 5.39. The molecule has 1 saturated heterocycles. The Morgan fingerprint density at radius 1 is 1.48 bits per heavy atom. The van der Waals surface area contributed by atoms with E-state index in [4.69, 9.17) is 0 Å². The van der Waals surface area contributed by atoms with Crippen molar-refractivity contribution in [3.8, 4) is 0 Å². The van der Waals surface area contributed by atoms with E-state index < -0.39 is 0 Å². The second-order valence-corrected chi connectivity index (χ2v) is 6.59. The summed E-state index contributed by atoms with van der Waals surface area (Å²) in [5.74, 6) is 0.524. The number of carbonyl (C=O) groups is 1. The fraction of sp³-hybridized carbons (Fsp3) is 0.750. The second kappa shape index (κ2) is 7.07. The van der Waals surface area contributed by atoms with E-state index in [9.17, 15) is 4.79 Å². The van der Waals surface area contributed by atoms with Crippen LogP contribution >= 0.6 is 0 Å². The van der Waals surface area contributed by atoms with E-state index >= 15 is 0 Å². The summed E-state index contributed by atoms with van der Waals surface area (Å²) in [5, 5.41) is 6.61. The molecule has 3 atom stereocenters. The maximum atomic E-state index is 12.3. The zero-order chi connectivity index (χ0) is 15.4. The van der Waals surface area contributed by atoms with E-state index in [2.05, 4.69) is 36.4 Å². The number of aromatic nitrogens is 2. The number of rotatable bonds is 5. The first kappa shape index (κ1) is 16.0. The molecule has 1 aromatic heterocycles. The Hall–Kier alpha value is -1.36. The maximum Gasteiger partial charge on any atom is 0.242 e. The first-order chi connectivity index (χ1) is 9.99. The lowest BCUT2D eigenvalue weighted by molar-refractivity contribution is -0.124. The molecule has 2 heterocycles. The summed E-state index contributed by atoms with van der Waals surface area (Å²) in [7, 11) is 0. The molecular formula is C16H28N4O. The van der Waals surface area contributed by atoms with Crippen molar-refractivity contribution in [1.29, 1.82) is 0 Å². The van der Waals surface area contributed by atoms with Gasteiger partial charge in [-0.05, 0) is 39.0 Å². The molecule has 0 spiro atoms. The third kappa shape index (κ3) is 4.06. The standard InChI is InChI=1S/C16H28N4O/c1-11(2)8-18-16(21)13(4)20-10-17-9-15(20)14-7-5-6-12(3)19-14/h9-14,19H,5-8H2,1-4H3,(H,18,21). The van der Waals surface area contributed by atoms with Crippen molar-refractivity contribution in [1.82, 2.24) is 20.2 Å². The van der Waals surface area contributed by atoms with Crippen LogP contribution in [-0.2, 0) is 4.79 Å². The number of nitrogens with zero attached hydrogens (tertiary/aromatic N) is 2. The van der Waals surface area contributed by atoms with Crippen LogP contribution in [0.5, 0.6) is 0 Å². The SMILES string of the molecule is CC(C)CNC(=O)C(C)n1cncc1C1CCCC(C)N1. The van der Waals surface area contributed by atoms with Crippen LogP contribution in [0.25, 0.3) is 0 Å². The monoisotopic (exact) mass is 292 g/mol. The highest BCUT2D eigenvalue weighted by Crippen LogP contribution is 2.27. The molecule has 1 aliphatic heterocycles. The third-order valence-corrected chi connectivity index (χ3v) is 4.15. The van der Waals surface area contributed by atoms with Gasteiger partial charge in [-0.1, -0.05) is 13.8 Å². The van der Waals surface area contributed by atoms with Gasteiger partial charge in [0.25, 0.3) is 0 Å². The number of amides is 1. The van der Waals surface area contributed by atoms with Crippen molar-refractivity contribution in [3.63, 3.8) is 0 Å². The number of piperidine rings is 1. The summed E-state index contributed by atoms with van der Waals surface area (Å²) in [6.45, 7) is 9.06. The van der Waals surface area contributed by atoms with Crippen molar-refractivity contribution in [3.05, 3.63) is 18.2 Å². The molecule has 21 heavy (non-hydrogen) atoms. The molecule has 1 aromatic rings. The molecule has 2 rings (SSSR count). The fourth-order valence-electron chi connectivity index (χ4n) is 2.86. The van der Waals surface area contributed by atoms with Gasteiger partial charge in [-0.15, -0.1) is 0 Å². The number of hydrogen-bond donors (Lipinski definition) is 2. The summed E-state index contributed by atoms with van der Waals surface area (Å²) in [6.07, 6.45) is 7.21. The molecule has 5 heteroatoms. The Morgan fingerprint density at radius 3 is 2.90 bits per heavy atom. The predicted octanol–water partition coefficient (Wildman–Crippen LogP) is 2.42. The molecule has 1 aliphatic rings. The minimum atomic E-state index is -0.222. The quantitative estimate of drug-likeness (QED) is 0.876. The molecule has 118 valence electrons. The minimum Gasteiger partial charge on any atom is -0.354 e. The molecular weight excluding hydrogens is 264 g/mol. The Morgan fingerprint density at radius 2 is 2.24 bits per heavy atom. The fourth-order valence-corrected chi connectivity index (χ4v) is 2.86. The zero-order valence-electron chi connectivity index (χ0n) is 13.6. The maximum absolute atomic E-state index is 12.3. The third-order valence-electron chi connectivity index (χ3n) is 4.15. The Bertz CT molecular complexity index is 469. The molecule has 0 radical (unpaired) electrons. The van der Waals surface area contributed by atoms with Gasteiger partial charge < -0.3 is 15.2 Å². The van der Waals surface area contributed by atoms with Gasteiger partial charge in [-0.25, -0.2) is 4.98 Å². The van der Waals surface area contributed by atoms with Gasteiger partial charge in [-0.3, -0.25) is 4.79 Å². The molecule has 0 aromatic carbocycles. The molecule has 1 fully saturated rings. The summed E-state index contributed by atoms with van der Waals surface area (Å²) in [5.41, 5.74) is 1.12. The predicted molar refractivity (Wildman–Crippen MR) is 84.0 cm³/mol. The van der Waals surface area contributed by atoms with Crippen LogP contribution in [0, 0.1) is 5.92 Å². The van der Waals surface area contributed by atoms with Gasteiger partial charge in [-0.2, -0.15) is 0 Å². The van der Waals surface area contributed by atoms with Crippen LogP contribution in [0.15, 0.2) is 12.5 Å². The van der Waals surface area contributed by atoms with E-state index in [0.29, 0.717) is 24.5 Å². The van der Waals surface area contributed by atoms with Crippen molar-refractivity contribution in [2.24, 2.45) is 5.92 Å². The van der Waals surface area contributed by atoms with E-state index in [1.165, 1.54) is 12.8 Å². The van der Waals surface area contributed by atoms with Crippen molar-refractivity contribution < 1.29 is 4.79 Å². The van der Waals surface area contributed by atoms with Crippen LogP contribution in [-0.4, -0.2) is 28.0 Å². The largest absolute Gasteiger partial charge is 0.354 e. The van der Waals surface area contributed by atoms with Crippen molar-refractivity contribution in [2.45, 2.75) is 65.1 Å². The van der Waals surface area contributed by atoms with Crippen LogP contribution in [0.2, 0.25) is 0 Å². The number of hydrogen-bond acceptors (Lipinski definition) is 3. The van der Waals surface area contributed by atoms with Crippen LogP contribution in [0.3, 0.4) is 0 Å². The molecule has 0 saturated carbocycles. The Labute approximate surface area is 127 Å². The lowest BCUT2D eigenvalue weighted by Crippen LogP contribution is -2.38. The average Bonchev–Trinajstić information content (AvgIpc) is 2.93. The molecule has 2 N–H and O–H groups in total. The van der Waals surface area contributed by atoms with Gasteiger partial charge in [0, 0.05) is 24.8 Å². The van der Waals surface area contributed by atoms with E-state index in [1.807, 2.05) is 17.7 Å². The average molecular weight is 292 g/mol. The van der Waals surface area contributed by atoms with E-state index in [1.54, 1.807) is 6.33 Å². The summed E-state index contributed by atoms with van der Waals surface area (Å²) < 4.78 is 2.01. The first-order valence-electron chi connectivity index (χ1n) is 8.04. The normalized spacial score (nSPS) is 24.0. The lowest BCUT2D eigenvalue weighted by Gasteiger charge is -2.30. The summed E-state index contributed by atoms with van der Waals surface area (Å²) in [4.78, 5) is 16.5. The smallest absolute Gasteiger partial charge is 0.242 e.